The van der Waals surface area contributed by atoms with Crippen LogP contribution < -0.4 is 0 Å². The Bertz CT molecular complexity index is 540. The van der Waals surface area contributed by atoms with E-state index in [-0.39, 0.29) is 0 Å². The van der Waals surface area contributed by atoms with Crippen molar-refractivity contribution in [3.8, 4) is 0 Å². The summed E-state index contributed by atoms with van der Waals surface area (Å²) in [5.74, 6) is 1.13. The molecular formula is C15H18I2N2O. The van der Waals surface area contributed by atoms with Crippen LogP contribution in [0.4, 0.5) is 0 Å². The SMILES string of the molecule is CCCCc1nc(I)c(I)n1COCc1ccccc1. The second kappa shape index (κ2) is 8.33. The van der Waals surface area contributed by atoms with Gasteiger partial charge in [-0.25, -0.2) is 4.98 Å². The van der Waals surface area contributed by atoms with Crippen molar-refractivity contribution < 1.29 is 4.74 Å². The summed E-state index contributed by atoms with van der Waals surface area (Å²) in [6, 6.07) is 10.3. The lowest BCUT2D eigenvalue weighted by molar-refractivity contribution is 0.0605. The van der Waals surface area contributed by atoms with Crippen molar-refractivity contribution in [3.63, 3.8) is 0 Å². The molecule has 0 radical (unpaired) electrons. The van der Waals surface area contributed by atoms with Crippen LogP contribution >= 0.6 is 45.2 Å². The second-order valence-electron chi connectivity index (χ2n) is 4.60. The molecule has 0 aliphatic carbocycles. The van der Waals surface area contributed by atoms with E-state index in [9.17, 15) is 0 Å². The molecule has 0 saturated carbocycles. The molecule has 1 aromatic carbocycles. The van der Waals surface area contributed by atoms with E-state index >= 15 is 0 Å². The van der Waals surface area contributed by atoms with Gasteiger partial charge in [-0.15, -0.1) is 0 Å². The van der Waals surface area contributed by atoms with Gasteiger partial charge in [0.1, 0.15) is 20.0 Å². The molecule has 5 heteroatoms. The summed E-state index contributed by atoms with van der Waals surface area (Å²) in [4.78, 5) is 4.64. The van der Waals surface area contributed by atoms with Gasteiger partial charge >= 0.3 is 0 Å². The van der Waals surface area contributed by atoms with Gasteiger partial charge in [0.15, 0.2) is 0 Å². The predicted octanol–water partition coefficient (Wildman–Crippen LogP) is 4.61. The second-order valence-corrected chi connectivity index (χ2v) is 6.65. The third-order valence-electron chi connectivity index (χ3n) is 3.03. The molecule has 0 amide bonds. The molecular weight excluding hydrogens is 478 g/mol. The largest absolute Gasteiger partial charge is 0.356 e. The molecule has 0 N–H and O–H groups in total. The molecule has 2 rings (SSSR count). The van der Waals surface area contributed by atoms with Crippen LogP contribution in [0.2, 0.25) is 0 Å². The quantitative estimate of drug-likeness (QED) is 0.524. The average molecular weight is 496 g/mol. The van der Waals surface area contributed by atoms with E-state index < -0.39 is 0 Å². The molecule has 0 aliphatic heterocycles. The zero-order chi connectivity index (χ0) is 14.4. The van der Waals surface area contributed by atoms with E-state index in [0.29, 0.717) is 13.3 Å². The van der Waals surface area contributed by atoms with Gasteiger partial charge in [0.05, 0.1) is 6.61 Å². The number of benzene rings is 1. The van der Waals surface area contributed by atoms with Crippen LogP contribution in [0.1, 0.15) is 31.2 Å². The highest BCUT2D eigenvalue weighted by Crippen LogP contribution is 2.18. The minimum absolute atomic E-state index is 0.572. The van der Waals surface area contributed by atoms with Crippen molar-refractivity contribution in [2.24, 2.45) is 0 Å². The first-order valence-corrected chi connectivity index (χ1v) is 8.90. The van der Waals surface area contributed by atoms with Crippen LogP contribution in [0.15, 0.2) is 30.3 Å². The Morgan fingerprint density at radius 2 is 1.95 bits per heavy atom. The number of aryl methyl sites for hydroxylation is 1. The third kappa shape index (κ3) is 4.42. The Kier molecular flexibility index (Phi) is 6.76. The van der Waals surface area contributed by atoms with Crippen molar-refractivity contribution in [2.75, 3.05) is 0 Å². The topological polar surface area (TPSA) is 27.1 Å². The number of unbranched alkanes of at least 4 members (excludes halogenated alkanes) is 1. The van der Waals surface area contributed by atoms with E-state index in [1.165, 1.54) is 22.1 Å². The Labute approximate surface area is 147 Å². The van der Waals surface area contributed by atoms with Gasteiger partial charge in [0, 0.05) is 6.42 Å². The minimum Gasteiger partial charge on any atom is -0.356 e. The van der Waals surface area contributed by atoms with Crippen LogP contribution in [0.3, 0.4) is 0 Å². The number of nitrogens with zero attached hydrogens (tertiary/aromatic N) is 2. The van der Waals surface area contributed by atoms with Crippen LogP contribution in [0.25, 0.3) is 0 Å². The number of imidazole rings is 1. The lowest BCUT2D eigenvalue weighted by Crippen LogP contribution is -2.09. The predicted molar refractivity (Wildman–Crippen MR) is 97.5 cm³/mol. The lowest BCUT2D eigenvalue weighted by Gasteiger charge is -2.10. The molecule has 0 spiro atoms. The number of ether oxygens (including phenoxy) is 1. The van der Waals surface area contributed by atoms with Crippen LogP contribution in [0, 0.1) is 7.40 Å². The summed E-state index contributed by atoms with van der Waals surface area (Å²) in [6.07, 6.45) is 3.37. The zero-order valence-corrected chi connectivity index (χ0v) is 15.8. The molecule has 0 saturated heterocycles. The number of rotatable bonds is 7. The average Bonchev–Trinajstić information content (AvgIpc) is 2.74. The normalized spacial score (nSPS) is 10.9. The highest BCUT2D eigenvalue weighted by molar-refractivity contribution is 14.1. The first-order valence-electron chi connectivity index (χ1n) is 6.74. The molecule has 0 fully saturated rings. The summed E-state index contributed by atoms with van der Waals surface area (Å²) in [5, 5.41) is 0. The Balaban J connectivity index is 1.97. The van der Waals surface area contributed by atoms with Crippen molar-refractivity contribution in [1.29, 1.82) is 0 Å². The number of aromatic nitrogens is 2. The van der Waals surface area contributed by atoms with E-state index in [0.717, 1.165) is 15.9 Å². The van der Waals surface area contributed by atoms with Crippen molar-refractivity contribution in [1.82, 2.24) is 9.55 Å². The minimum atomic E-state index is 0.572. The van der Waals surface area contributed by atoms with Crippen LogP contribution in [-0.2, 0) is 24.5 Å². The molecule has 20 heavy (non-hydrogen) atoms. The monoisotopic (exact) mass is 496 g/mol. The van der Waals surface area contributed by atoms with Gasteiger partial charge in [-0.1, -0.05) is 43.7 Å². The fourth-order valence-corrected chi connectivity index (χ4v) is 3.04. The summed E-state index contributed by atoms with van der Waals surface area (Å²) >= 11 is 4.64. The molecule has 108 valence electrons. The Hall–Kier alpha value is -0.150. The number of halogens is 2. The number of hydrogen-bond acceptors (Lipinski definition) is 2. The maximum absolute atomic E-state index is 5.84. The Morgan fingerprint density at radius 1 is 1.20 bits per heavy atom. The molecule has 1 heterocycles. The molecule has 3 nitrogen and oxygen atoms in total. The van der Waals surface area contributed by atoms with E-state index in [2.05, 4.69) is 73.8 Å². The number of hydrogen-bond donors (Lipinski definition) is 0. The molecule has 2 aromatic rings. The molecule has 1 aromatic heterocycles. The molecule has 0 aliphatic rings. The molecule has 0 bridgehead atoms. The summed E-state index contributed by atoms with van der Waals surface area (Å²) in [7, 11) is 0. The van der Waals surface area contributed by atoms with Crippen LogP contribution in [-0.4, -0.2) is 9.55 Å². The van der Waals surface area contributed by atoms with Crippen molar-refractivity contribution in [3.05, 3.63) is 49.1 Å². The first-order chi connectivity index (χ1) is 9.72. The third-order valence-corrected chi connectivity index (χ3v) is 5.91. The van der Waals surface area contributed by atoms with Gasteiger partial charge in [0.2, 0.25) is 0 Å². The molecule has 0 atom stereocenters. The fraction of sp³-hybridized carbons (Fsp3) is 0.400. The zero-order valence-electron chi connectivity index (χ0n) is 11.5. The highest BCUT2D eigenvalue weighted by atomic mass is 127. The summed E-state index contributed by atoms with van der Waals surface area (Å²) in [6.45, 7) is 3.41. The summed E-state index contributed by atoms with van der Waals surface area (Å²) in [5.41, 5.74) is 1.20. The van der Waals surface area contributed by atoms with Crippen molar-refractivity contribution >= 4 is 45.2 Å². The maximum Gasteiger partial charge on any atom is 0.133 e. The van der Waals surface area contributed by atoms with Gasteiger partial charge < -0.3 is 4.74 Å². The van der Waals surface area contributed by atoms with E-state index in [4.69, 9.17) is 4.74 Å². The van der Waals surface area contributed by atoms with Crippen LogP contribution in [0.5, 0.6) is 0 Å². The van der Waals surface area contributed by atoms with E-state index in [1.54, 1.807) is 0 Å². The lowest BCUT2D eigenvalue weighted by atomic mass is 10.2. The van der Waals surface area contributed by atoms with Gasteiger partial charge in [-0.2, -0.15) is 0 Å². The van der Waals surface area contributed by atoms with Gasteiger partial charge in [-0.05, 0) is 57.2 Å². The smallest absolute Gasteiger partial charge is 0.133 e. The van der Waals surface area contributed by atoms with Gasteiger partial charge in [0.25, 0.3) is 0 Å². The Morgan fingerprint density at radius 3 is 2.65 bits per heavy atom. The highest BCUT2D eigenvalue weighted by Gasteiger charge is 2.12. The maximum atomic E-state index is 5.84. The van der Waals surface area contributed by atoms with Crippen molar-refractivity contribution in [2.45, 2.75) is 39.5 Å². The molecule has 0 unspecified atom stereocenters. The van der Waals surface area contributed by atoms with E-state index in [1.807, 2.05) is 18.2 Å². The standard InChI is InChI=1S/C15H18I2N2O/c1-2-3-9-13-18-14(16)15(17)19(13)11-20-10-12-7-5-4-6-8-12/h4-8H,2-3,9-11H2,1H3. The fourth-order valence-electron chi connectivity index (χ4n) is 1.93. The first kappa shape index (κ1) is 16.2. The van der Waals surface area contributed by atoms with Gasteiger partial charge in [-0.3, -0.25) is 4.57 Å². The summed E-state index contributed by atoms with van der Waals surface area (Å²) < 4.78 is 10.3.